The predicted octanol–water partition coefficient (Wildman–Crippen LogP) is 6.16. The Balaban J connectivity index is 1.47. The monoisotopic (exact) mass is 651 g/mol. The molecule has 0 bridgehead atoms. The number of fused-ring (bicyclic) bond motifs is 1. The summed E-state index contributed by atoms with van der Waals surface area (Å²) >= 11 is 3.40. The van der Waals surface area contributed by atoms with E-state index < -0.39 is 28.9 Å². The third kappa shape index (κ3) is 6.88. The van der Waals surface area contributed by atoms with Gasteiger partial charge in [-0.25, -0.2) is 9.37 Å². The van der Waals surface area contributed by atoms with Gasteiger partial charge in [0.25, 0.3) is 11.5 Å². The Morgan fingerprint density at radius 1 is 1.19 bits per heavy atom. The third-order valence-corrected chi connectivity index (χ3v) is 7.57. The van der Waals surface area contributed by atoms with E-state index in [1.807, 2.05) is 6.07 Å². The topological polar surface area (TPSA) is 138 Å². The second-order valence-corrected chi connectivity index (χ2v) is 10.9. The van der Waals surface area contributed by atoms with Crippen molar-refractivity contribution in [2.75, 3.05) is 19.0 Å². The van der Waals surface area contributed by atoms with Crippen LogP contribution in [0.1, 0.15) is 49.4 Å². The van der Waals surface area contributed by atoms with Gasteiger partial charge in [-0.15, -0.1) is 0 Å². The molecule has 1 fully saturated rings. The van der Waals surface area contributed by atoms with Crippen LogP contribution < -0.4 is 20.3 Å². The molecule has 13 heteroatoms. The molecular weight excluding hydrogens is 625 g/mol. The van der Waals surface area contributed by atoms with Crippen molar-refractivity contribution in [3.63, 3.8) is 0 Å². The zero-order chi connectivity index (χ0) is 30.5. The van der Waals surface area contributed by atoms with Gasteiger partial charge < -0.3 is 14.8 Å². The number of benzene rings is 3. The van der Waals surface area contributed by atoms with Crippen LogP contribution in [-0.2, 0) is 4.79 Å². The number of aromatic nitrogens is 2. The van der Waals surface area contributed by atoms with E-state index in [-0.39, 0.29) is 28.5 Å². The zero-order valence-corrected chi connectivity index (χ0v) is 24.7. The number of nitrogens with one attached hydrogen (secondary N) is 1. The van der Waals surface area contributed by atoms with Crippen molar-refractivity contribution < 1.29 is 23.6 Å². The van der Waals surface area contributed by atoms with Crippen LogP contribution >= 0.6 is 15.9 Å². The van der Waals surface area contributed by atoms with Gasteiger partial charge in [-0.2, -0.15) is 9.78 Å². The minimum absolute atomic E-state index is 0.00866. The molecule has 5 rings (SSSR count). The fourth-order valence-electron chi connectivity index (χ4n) is 5.01. The van der Waals surface area contributed by atoms with Crippen LogP contribution in [0.3, 0.4) is 0 Å². The van der Waals surface area contributed by atoms with Crippen molar-refractivity contribution in [2.45, 2.75) is 38.0 Å². The first kappa shape index (κ1) is 29.8. The molecule has 11 nitrogen and oxygen atoms in total. The number of nitro benzene ring substituents is 1. The summed E-state index contributed by atoms with van der Waals surface area (Å²) in [5.74, 6) is -0.740. The van der Waals surface area contributed by atoms with Crippen LogP contribution in [0.2, 0.25) is 0 Å². The van der Waals surface area contributed by atoms with E-state index in [1.54, 1.807) is 12.1 Å². The summed E-state index contributed by atoms with van der Waals surface area (Å²) in [6.07, 6.45) is 6.26. The number of carbonyl (C=O) groups is 1. The molecular formula is C30H27BrFN5O6. The van der Waals surface area contributed by atoms with Crippen LogP contribution in [-0.4, -0.2) is 40.4 Å². The van der Waals surface area contributed by atoms with Crippen LogP contribution in [0.15, 0.2) is 69.0 Å². The molecule has 1 aromatic heterocycles. The Bertz CT molecular complexity index is 1770. The number of amides is 1. The molecule has 43 heavy (non-hydrogen) atoms. The lowest BCUT2D eigenvalue weighted by molar-refractivity contribution is -0.385. The lowest BCUT2D eigenvalue weighted by atomic mass is 9.88. The van der Waals surface area contributed by atoms with Crippen LogP contribution in [0.5, 0.6) is 11.5 Å². The molecule has 4 aromatic rings. The Morgan fingerprint density at radius 2 is 1.93 bits per heavy atom. The molecule has 1 aliphatic carbocycles. The smallest absolute Gasteiger partial charge is 0.315 e. The minimum Gasteiger partial charge on any atom is -0.493 e. The number of halogens is 2. The van der Waals surface area contributed by atoms with Gasteiger partial charge >= 0.3 is 5.69 Å². The van der Waals surface area contributed by atoms with Crippen molar-refractivity contribution in [3.8, 4) is 11.5 Å². The number of nitrogens with zero attached hydrogens (tertiary/aromatic N) is 4. The lowest BCUT2D eigenvalue weighted by Gasteiger charge is -2.22. The average Bonchev–Trinajstić information content (AvgIpc) is 3.01. The molecule has 0 unspecified atom stereocenters. The quantitative estimate of drug-likeness (QED) is 0.130. The molecule has 1 heterocycles. The van der Waals surface area contributed by atoms with E-state index in [1.165, 1.54) is 54.4 Å². The van der Waals surface area contributed by atoms with Crippen LogP contribution in [0.25, 0.3) is 10.9 Å². The SMILES string of the molecule is COc1cc(C=Nn2c(C3CCCCC3)nc3ccc(Br)cc3c2=O)cc([N+](=O)[O-])c1OCC(=O)Nc1ccc(F)cc1. The maximum atomic E-state index is 13.6. The molecule has 0 aliphatic heterocycles. The molecule has 3 aromatic carbocycles. The number of ether oxygens (including phenoxy) is 2. The highest BCUT2D eigenvalue weighted by atomic mass is 79.9. The third-order valence-electron chi connectivity index (χ3n) is 7.08. The van der Waals surface area contributed by atoms with E-state index in [2.05, 4.69) is 26.3 Å². The number of nitro groups is 1. The van der Waals surface area contributed by atoms with Gasteiger partial charge in [0, 0.05) is 27.7 Å². The standard InChI is InChI=1S/C30H27BrFN5O6/c1-42-26-14-18(13-25(37(40)41)28(26)43-17-27(38)34-22-10-8-21(32)9-11-22)16-33-36-29(19-5-3-2-4-6-19)35-24-12-7-20(31)15-23(24)30(36)39/h7-16,19H,2-6,17H2,1H3,(H,34,38). The van der Waals surface area contributed by atoms with E-state index in [0.717, 1.165) is 36.6 Å². The summed E-state index contributed by atoms with van der Waals surface area (Å²) in [5, 5.41) is 19.4. The number of hydrogen-bond acceptors (Lipinski definition) is 8. The molecule has 222 valence electrons. The van der Waals surface area contributed by atoms with Crippen molar-refractivity contribution in [1.29, 1.82) is 0 Å². The summed E-state index contributed by atoms with van der Waals surface area (Å²) < 4.78 is 26.0. The van der Waals surface area contributed by atoms with E-state index in [4.69, 9.17) is 14.5 Å². The van der Waals surface area contributed by atoms with Crippen molar-refractivity contribution in [3.05, 3.63) is 96.7 Å². The van der Waals surface area contributed by atoms with Gasteiger partial charge in [-0.3, -0.25) is 19.7 Å². The Hall–Kier alpha value is -4.65. The second kappa shape index (κ2) is 13.1. The number of anilines is 1. The molecule has 1 saturated carbocycles. The maximum absolute atomic E-state index is 13.6. The second-order valence-electron chi connectivity index (χ2n) is 10.0. The number of hydrogen-bond donors (Lipinski definition) is 1. The largest absolute Gasteiger partial charge is 0.493 e. The number of methoxy groups -OCH3 is 1. The molecule has 1 aliphatic rings. The van der Waals surface area contributed by atoms with Gasteiger partial charge in [0.05, 0.1) is 29.2 Å². The summed E-state index contributed by atoms with van der Waals surface area (Å²) in [6.45, 7) is -0.569. The lowest BCUT2D eigenvalue weighted by Crippen LogP contribution is -2.25. The van der Waals surface area contributed by atoms with Crippen molar-refractivity contribution in [2.24, 2.45) is 5.10 Å². The first-order chi connectivity index (χ1) is 20.7. The van der Waals surface area contributed by atoms with Crippen molar-refractivity contribution in [1.82, 2.24) is 9.66 Å². The number of carbonyl (C=O) groups excluding carboxylic acids is 1. The Kier molecular flexibility index (Phi) is 9.10. The molecule has 1 amide bonds. The van der Waals surface area contributed by atoms with Crippen molar-refractivity contribution >= 4 is 50.3 Å². The van der Waals surface area contributed by atoms with Crippen LogP contribution in [0, 0.1) is 15.9 Å². The van der Waals surface area contributed by atoms with Gasteiger partial charge in [-0.1, -0.05) is 35.2 Å². The molecule has 0 radical (unpaired) electrons. The van der Waals surface area contributed by atoms with Gasteiger partial charge in [-0.05, 0) is 61.4 Å². The number of rotatable bonds is 9. The normalized spacial score (nSPS) is 13.7. The van der Waals surface area contributed by atoms with Gasteiger partial charge in [0.15, 0.2) is 12.4 Å². The molecule has 0 saturated heterocycles. The summed E-state index contributed by atoms with van der Waals surface area (Å²) in [7, 11) is 1.31. The summed E-state index contributed by atoms with van der Waals surface area (Å²) in [6, 6.07) is 13.1. The highest BCUT2D eigenvalue weighted by molar-refractivity contribution is 9.10. The summed E-state index contributed by atoms with van der Waals surface area (Å²) in [4.78, 5) is 42.1. The highest BCUT2D eigenvalue weighted by Crippen LogP contribution is 2.38. The van der Waals surface area contributed by atoms with E-state index in [9.17, 15) is 24.1 Å². The van der Waals surface area contributed by atoms with Crippen LogP contribution in [0.4, 0.5) is 15.8 Å². The maximum Gasteiger partial charge on any atom is 0.315 e. The fraction of sp³-hybridized carbons (Fsp3) is 0.267. The van der Waals surface area contributed by atoms with Gasteiger partial charge in [0.1, 0.15) is 11.6 Å². The average molecular weight is 652 g/mol. The Morgan fingerprint density at radius 3 is 2.63 bits per heavy atom. The fourth-order valence-corrected chi connectivity index (χ4v) is 5.37. The van der Waals surface area contributed by atoms with E-state index in [0.29, 0.717) is 22.4 Å². The zero-order valence-electron chi connectivity index (χ0n) is 23.1. The van der Waals surface area contributed by atoms with Gasteiger partial charge in [0.2, 0.25) is 5.75 Å². The molecule has 0 atom stereocenters. The first-order valence-corrected chi connectivity index (χ1v) is 14.3. The molecule has 1 N–H and O–H groups in total. The molecule has 0 spiro atoms. The first-order valence-electron chi connectivity index (χ1n) is 13.5. The minimum atomic E-state index is -0.665. The van der Waals surface area contributed by atoms with E-state index >= 15 is 0 Å². The highest BCUT2D eigenvalue weighted by Gasteiger charge is 2.25. The Labute approximate surface area is 253 Å². The summed E-state index contributed by atoms with van der Waals surface area (Å²) in [5.41, 5.74) is 0.360. The predicted molar refractivity (Wildman–Crippen MR) is 163 cm³/mol.